The number of aliphatic imine (C=N–C) groups is 1. The van der Waals surface area contributed by atoms with Crippen LogP contribution in [-0.2, 0) is 17.7 Å². The Hall–Kier alpha value is -2.86. The van der Waals surface area contributed by atoms with Crippen molar-refractivity contribution in [1.29, 1.82) is 0 Å². The summed E-state index contributed by atoms with van der Waals surface area (Å²) in [4.78, 5) is 19.0. The number of aryl methyl sites for hydroxylation is 1. The number of carbonyl (C=O) groups is 1. The van der Waals surface area contributed by atoms with E-state index in [0.29, 0.717) is 25.2 Å². The maximum absolute atomic E-state index is 12.8. The molecule has 31 heavy (non-hydrogen) atoms. The predicted octanol–water partition coefficient (Wildman–Crippen LogP) is 3.23. The van der Waals surface area contributed by atoms with Gasteiger partial charge in [0, 0.05) is 38.8 Å². The first-order chi connectivity index (χ1) is 15.0. The summed E-state index contributed by atoms with van der Waals surface area (Å²) < 4.78 is 5.72. The number of carbonyl (C=O) groups excluding carboxylic acids is 1. The Kier molecular flexibility index (Phi) is 8.47. The number of morpholine rings is 1. The Labute approximate surface area is 185 Å². The van der Waals surface area contributed by atoms with Gasteiger partial charge < -0.3 is 20.3 Å². The Morgan fingerprint density at radius 1 is 1.00 bits per heavy atom. The fourth-order valence-corrected chi connectivity index (χ4v) is 3.84. The smallest absolute Gasteiger partial charge is 0.254 e. The summed E-state index contributed by atoms with van der Waals surface area (Å²) in [5.41, 5.74) is 3.17. The number of guanidine groups is 1. The average molecular weight is 423 g/mol. The van der Waals surface area contributed by atoms with E-state index < -0.39 is 0 Å². The first kappa shape index (κ1) is 22.8. The monoisotopic (exact) mass is 422 g/mol. The molecule has 0 bridgehead atoms. The highest BCUT2D eigenvalue weighted by Gasteiger charge is 2.26. The number of amides is 1. The molecule has 1 aliphatic rings. The number of hydrogen-bond acceptors (Lipinski definition) is 3. The molecular formula is C25H34N4O2. The second-order valence-corrected chi connectivity index (χ2v) is 8.11. The highest BCUT2D eigenvalue weighted by atomic mass is 16.5. The fourth-order valence-electron chi connectivity index (χ4n) is 3.84. The third kappa shape index (κ3) is 7.10. The molecule has 0 radical (unpaired) electrons. The van der Waals surface area contributed by atoms with Crippen LogP contribution in [0.2, 0.25) is 0 Å². The summed E-state index contributed by atoms with van der Waals surface area (Å²) in [6.45, 7) is 6.80. The van der Waals surface area contributed by atoms with Crippen LogP contribution in [0, 0.1) is 0 Å². The van der Waals surface area contributed by atoms with Crippen LogP contribution in [0.3, 0.4) is 0 Å². The minimum Gasteiger partial charge on any atom is -0.372 e. The highest BCUT2D eigenvalue weighted by molar-refractivity contribution is 5.94. The van der Waals surface area contributed by atoms with E-state index in [-0.39, 0.29) is 18.1 Å². The van der Waals surface area contributed by atoms with Gasteiger partial charge in [0.1, 0.15) is 0 Å². The number of nitrogens with one attached hydrogen (secondary N) is 2. The van der Waals surface area contributed by atoms with E-state index in [4.69, 9.17) is 4.74 Å². The predicted molar refractivity (Wildman–Crippen MR) is 125 cm³/mol. The van der Waals surface area contributed by atoms with E-state index in [9.17, 15) is 4.79 Å². The maximum Gasteiger partial charge on any atom is 0.254 e. The van der Waals surface area contributed by atoms with Crippen molar-refractivity contribution in [2.75, 3.05) is 26.7 Å². The van der Waals surface area contributed by atoms with Gasteiger partial charge in [-0.05, 0) is 49.9 Å². The molecule has 0 aromatic heterocycles. The fraction of sp³-hybridized carbons (Fsp3) is 0.440. The highest BCUT2D eigenvalue weighted by Crippen LogP contribution is 2.15. The third-order valence-electron chi connectivity index (χ3n) is 5.37. The van der Waals surface area contributed by atoms with Gasteiger partial charge in [-0.1, -0.05) is 42.5 Å². The van der Waals surface area contributed by atoms with E-state index in [2.05, 4.69) is 39.9 Å². The lowest BCUT2D eigenvalue weighted by atomic mass is 10.1. The molecular weight excluding hydrogens is 388 g/mol. The van der Waals surface area contributed by atoms with Gasteiger partial charge in [0.15, 0.2) is 5.96 Å². The van der Waals surface area contributed by atoms with Gasteiger partial charge in [0.2, 0.25) is 0 Å². The quantitative estimate of drug-likeness (QED) is 0.408. The molecule has 1 fully saturated rings. The van der Waals surface area contributed by atoms with Crippen LogP contribution in [-0.4, -0.2) is 55.7 Å². The molecule has 1 saturated heterocycles. The van der Waals surface area contributed by atoms with Gasteiger partial charge >= 0.3 is 0 Å². The van der Waals surface area contributed by atoms with Gasteiger partial charge in [-0.3, -0.25) is 9.79 Å². The SMILES string of the molecule is CN=C(NCCCc1ccccc1)NCc1ccc(C(=O)N2CC(C)OC(C)C2)cc1. The number of ether oxygens (including phenoxy) is 1. The summed E-state index contributed by atoms with van der Waals surface area (Å²) in [7, 11) is 1.78. The molecule has 0 spiro atoms. The summed E-state index contributed by atoms with van der Waals surface area (Å²) in [5.74, 6) is 0.849. The number of rotatable bonds is 7. The van der Waals surface area contributed by atoms with E-state index in [1.807, 2.05) is 49.1 Å². The Balaban J connectivity index is 1.43. The Bertz CT molecular complexity index is 842. The number of nitrogens with zero attached hydrogens (tertiary/aromatic N) is 2. The van der Waals surface area contributed by atoms with Crippen molar-refractivity contribution in [3.05, 3.63) is 71.3 Å². The van der Waals surface area contributed by atoms with Crippen LogP contribution in [0.1, 0.15) is 41.8 Å². The standard InChI is InChI=1S/C25H34N4O2/c1-19-17-29(18-20(2)31-19)24(30)23-13-11-22(12-14-23)16-28-25(26-3)27-15-7-10-21-8-5-4-6-9-21/h4-6,8-9,11-14,19-20H,7,10,15-18H2,1-3H3,(H2,26,27,28). The molecule has 1 heterocycles. The molecule has 6 nitrogen and oxygen atoms in total. The van der Waals surface area contributed by atoms with E-state index in [0.717, 1.165) is 30.9 Å². The Morgan fingerprint density at radius 2 is 1.68 bits per heavy atom. The first-order valence-electron chi connectivity index (χ1n) is 11.1. The minimum absolute atomic E-state index is 0.0670. The van der Waals surface area contributed by atoms with Crippen LogP contribution in [0.5, 0.6) is 0 Å². The largest absolute Gasteiger partial charge is 0.372 e. The molecule has 0 saturated carbocycles. The summed E-state index contributed by atoms with van der Waals surface area (Å²) >= 11 is 0. The van der Waals surface area contributed by atoms with Crippen molar-refractivity contribution in [2.24, 2.45) is 4.99 Å². The van der Waals surface area contributed by atoms with Crippen molar-refractivity contribution in [3.63, 3.8) is 0 Å². The molecule has 2 unspecified atom stereocenters. The van der Waals surface area contributed by atoms with Crippen molar-refractivity contribution in [2.45, 2.75) is 45.4 Å². The molecule has 0 aliphatic carbocycles. The lowest BCUT2D eigenvalue weighted by Gasteiger charge is -2.35. The van der Waals surface area contributed by atoms with Crippen LogP contribution in [0.4, 0.5) is 0 Å². The first-order valence-corrected chi connectivity index (χ1v) is 11.1. The third-order valence-corrected chi connectivity index (χ3v) is 5.37. The second kappa shape index (κ2) is 11.5. The van der Waals surface area contributed by atoms with Crippen LogP contribution in [0.25, 0.3) is 0 Å². The van der Waals surface area contributed by atoms with Gasteiger partial charge in [-0.2, -0.15) is 0 Å². The van der Waals surface area contributed by atoms with E-state index >= 15 is 0 Å². The van der Waals surface area contributed by atoms with Crippen molar-refractivity contribution < 1.29 is 9.53 Å². The molecule has 2 atom stereocenters. The maximum atomic E-state index is 12.8. The van der Waals surface area contributed by atoms with Crippen LogP contribution in [0.15, 0.2) is 59.6 Å². The van der Waals surface area contributed by atoms with Crippen LogP contribution >= 0.6 is 0 Å². The summed E-state index contributed by atoms with van der Waals surface area (Å²) in [6, 6.07) is 18.3. The van der Waals surface area contributed by atoms with Gasteiger partial charge in [0.05, 0.1) is 12.2 Å². The minimum atomic E-state index is 0.0670. The Morgan fingerprint density at radius 3 is 2.32 bits per heavy atom. The average Bonchev–Trinajstić information content (AvgIpc) is 2.78. The second-order valence-electron chi connectivity index (χ2n) is 8.11. The summed E-state index contributed by atoms with van der Waals surface area (Å²) in [5, 5.41) is 6.69. The van der Waals surface area contributed by atoms with Crippen molar-refractivity contribution >= 4 is 11.9 Å². The van der Waals surface area contributed by atoms with Crippen LogP contribution < -0.4 is 10.6 Å². The number of hydrogen-bond donors (Lipinski definition) is 2. The molecule has 3 rings (SSSR count). The summed E-state index contributed by atoms with van der Waals surface area (Å²) in [6.07, 6.45) is 2.23. The van der Waals surface area contributed by atoms with Gasteiger partial charge in [-0.15, -0.1) is 0 Å². The molecule has 2 aromatic rings. The zero-order valence-corrected chi connectivity index (χ0v) is 18.8. The molecule has 2 aromatic carbocycles. The van der Waals surface area contributed by atoms with E-state index in [1.165, 1.54) is 5.56 Å². The van der Waals surface area contributed by atoms with Crippen molar-refractivity contribution in [3.8, 4) is 0 Å². The zero-order valence-electron chi connectivity index (χ0n) is 18.8. The topological polar surface area (TPSA) is 66.0 Å². The van der Waals surface area contributed by atoms with E-state index in [1.54, 1.807) is 7.05 Å². The van der Waals surface area contributed by atoms with Gasteiger partial charge in [-0.25, -0.2) is 0 Å². The zero-order chi connectivity index (χ0) is 22.1. The molecule has 2 N–H and O–H groups in total. The molecule has 1 aliphatic heterocycles. The van der Waals surface area contributed by atoms with Crippen molar-refractivity contribution in [1.82, 2.24) is 15.5 Å². The number of benzene rings is 2. The molecule has 166 valence electrons. The molecule has 1 amide bonds. The lowest BCUT2D eigenvalue weighted by Crippen LogP contribution is -2.48. The normalized spacial score (nSPS) is 19.2. The lowest BCUT2D eigenvalue weighted by molar-refractivity contribution is -0.0586. The van der Waals surface area contributed by atoms with Gasteiger partial charge in [0.25, 0.3) is 5.91 Å². The molecule has 6 heteroatoms.